The Balaban J connectivity index is 1.53. The predicted molar refractivity (Wildman–Crippen MR) is 114 cm³/mol. The Morgan fingerprint density at radius 1 is 1.03 bits per heavy atom. The van der Waals surface area contributed by atoms with Gasteiger partial charge in [0, 0.05) is 31.0 Å². The van der Waals surface area contributed by atoms with E-state index in [0.717, 1.165) is 11.1 Å². The van der Waals surface area contributed by atoms with E-state index in [2.05, 4.69) is 10.3 Å². The molecule has 1 unspecified atom stereocenters. The standard InChI is InChI=1S/C23H23N3O3S/c1-17(18-9-12-24-13-10-18)25-23(27)20-7-4-8-22(15-20)30(28,29)26-14-11-19-5-2-3-6-21(19)16-26/h2-10,12-13,15,17H,11,14,16H2,1H3,(H,25,27). The summed E-state index contributed by atoms with van der Waals surface area (Å²) in [4.78, 5) is 16.8. The lowest BCUT2D eigenvalue weighted by Gasteiger charge is -2.28. The minimum Gasteiger partial charge on any atom is -0.346 e. The maximum atomic E-state index is 13.2. The largest absolute Gasteiger partial charge is 0.346 e. The molecule has 0 spiro atoms. The lowest BCUT2D eigenvalue weighted by Crippen LogP contribution is -2.36. The van der Waals surface area contributed by atoms with E-state index in [9.17, 15) is 13.2 Å². The highest BCUT2D eigenvalue weighted by atomic mass is 32.2. The highest BCUT2D eigenvalue weighted by molar-refractivity contribution is 7.89. The molecule has 1 N–H and O–H groups in total. The van der Waals surface area contributed by atoms with Gasteiger partial charge in [-0.25, -0.2) is 8.42 Å². The number of carbonyl (C=O) groups excluding carboxylic acids is 1. The zero-order chi connectivity index (χ0) is 21.1. The molecule has 2 heterocycles. The molecule has 1 aromatic heterocycles. The van der Waals surface area contributed by atoms with Crippen LogP contribution in [0.5, 0.6) is 0 Å². The summed E-state index contributed by atoms with van der Waals surface area (Å²) >= 11 is 0. The van der Waals surface area contributed by atoms with Crippen LogP contribution in [0.4, 0.5) is 0 Å². The molecule has 30 heavy (non-hydrogen) atoms. The van der Waals surface area contributed by atoms with Crippen LogP contribution in [0.15, 0.2) is 78.0 Å². The van der Waals surface area contributed by atoms with Crippen molar-refractivity contribution in [3.63, 3.8) is 0 Å². The van der Waals surface area contributed by atoms with Crippen LogP contribution in [0.3, 0.4) is 0 Å². The van der Waals surface area contributed by atoms with Gasteiger partial charge in [0.25, 0.3) is 5.91 Å². The lowest BCUT2D eigenvalue weighted by atomic mass is 10.0. The molecule has 4 rings (SSSR count). The Labute approximate surface area is 176 Å². The van der Waals surface area contributed by atoms with Crippen molar-refractivity contribution in [3.8, 4) is 0 Å². The van der Waals surface area contributed by atoms with E-state index in [1.165, 1.54) is 15.9 Å². The monoisotopic (exact) mass is 421 g/mol. The summed E-state index contributed by atoms with van der Waals surface area (Å²) in [5, 5.41) is 2.91. The Kier molecular flexibility index (Phi) is 5.65. The van der Waals surface area contributed by atoms with Crippen LogP contribution in [0, 0.1) is 0 Å². The van der Waals surface area contributed by atoms with E-state index in [4.69, 9.17) is 0 Å². The van der Waals surface area contributed by atoms with Crippen LogP contribution in [-0.2, 0) is 23.0 Å². The number of benzene rings is 2. The number of hydrogen-bond donors (Lipinski definition) is 1. The fourth-order valence-corrected chi connectivity index (χ4v) is 5.10. The number of amides is 1. The van der Waals surface area contributed by atoms with Crippen molar-refractivity contribution in [2.45, 2.75) is 30.8 Å². The van der Waals surface area contributed by atoms with E-state index < -0.39 is 10.0 Å². The van der Waals surface area contributed by atoms with Gasteiger partial charge in [-0.3, -0.25) is 9.78 Å². The molecule has 6 nitrogen and oxygen atoms in total. The Morgan fingerprint density at radius 3 is 2.53 bits per heavy atom. The average molecular weight is 422 g/mol. The quantitative estimate of drug-likeness (QED) is 0.685. The summed E-state index contributed by atoms with van der Waals surface area (Å²) in [5.41, 5.74) is 3.44. The second kappa shape index (κ2) is 8.38. The maximum absolute atomic E-state index is 13.2. The Hall–Kier alpha value is -3.03. The third kappa shape index (κ3) is 4.13. The zero-order valence-corrected chi connectivity index (χ0v) is 17.5. The predicted octanol–water partition coefficient (Wildman–Crippen LogP) is 3.32. The number of sulfonamides is 1. The number of rotatable bonds is 5. The first-order valence-electron chi connectivity index (χ1n) is 9.83. The number of fused-ring (bicyclic) bond motifs is 1. The molecule has 3 aromatic rings. The minimum absolute atomic E-state index is 0.131. The van der Waals surface area contributed by atoms with Crippen molar-refractivity contribution >= 4 is 15.9 Å². The van der Waals surface area contributed by atoms with Crippen LogP contribution in [-0.4, -0.2) is 30.2 Å². The van der Waals surface area contributed by atoms with Gasteiger partial charge >= 0.3 is 0 Å². The second-order valence-corrected chi connectivity index (χ2v) is 9.30. The van der Waals surface area contributed by atoms with Crippen LogP contribution in [0.25, 0.3) is 0 Å². The first kappa shape index (κ1) is 20.3. The molecule has 0 fully saturated rings. The number of aromatic nitrogens is 1. The summed E-state index contributed by atoms with van der Waals surface area (Å²) < 4.78 is 27.9. The highest BCUT2D eigenvalue weighted by Gasteiger charge is 2.28. The molecule has 1 aliphatic rings. The molecule has 1 atom stereocenters. The third-order valence-corrected chi connectivity index (χ3v) is 7.22. The molecule has 1 amide bonds. The van der Waals surface area contributed by atoms with Crippen molar-refractivity contribution < 1.29 is 13.2 Å². The smallest absolute Gasteiger partial charge is 0.251 e. The van der Waals surface area contributed by atoms with E-state index >= 15 is 0 Å². The molecule has 0 saturated carbocycles. The number of nitrogens with one attached hydrogen (secondary N) is 1. The summed E-state index contributed by atoms with van der Waals surface area (Å²) in [5.74, 6) is -0.319. The fourth-order valence-electron chi connectivity index (χ4n) is 3.64. The molecular formula is C23H23N3O3S. The zero-order valence-electron chi connectivity index (χ0n) is 16.7. The second-order valence-electron chi connectivity index (χ2n) is 7.36. The maximum Gasteiger partial charge on any atom is 0.251 e. The lowest BCUT2D eigenvalue weighted by molar-refractivity contribution is 0.0939. The van der Waals surface area contributed by atoms with Crippen LogP contribution in [0.1, 0.15) is 40.0 Å². The normalized spacial score (nSPS) is 15.2. The topological polar surface area (TPSA) is 79.4 Å². The molecule has 1 aliphatic heterocycles. The van der Waals surface area contributed by atoms with Crippen molar-refractivity contribution in [2.24, 2.45) is 0 Å². The van der Waals surface area contributed by atoms with E-state index in [1.807, 2.05) is 43.3 Å². The molecule has 0 saturated heterocycles. The van der Waals surface area contributed by atoms with Gasteiger partial charge in [-0.2, -0.15) is 4.31 Å². The van der Waals surface area contributed by atoms with Crippen molar-refractivity contribution in [2.75, 3.05) is 6.54 Å². The Bertz CT molecular complexity index is 1160. The summed E-state index contributed by atoms with van der Waals surface area (Å²) in [7, 11) is -3.70. The summed E-state index contributed by atoms with van der Waals surface area (Å²) in [6.45, 7) is 2.64. The third-order valence-electron chi connectivity index (χ3n) is 5.38. The van der Waals surface area contributed by atoms with Crippen molar-refractivity contribution in [1.29, 1.82) is 0 Å². The first-order chi connectivity index (χ1) is 14.4. The van der Waals surface area contributed by atoms with Crippen molar-refractivity contribution in [1.82, 2.24) is 14.6 Å². The van der Waals surface area contributed by atoms with E-state index in [1.54, 1.807) is 30.6 Å². The molecule has 154 valence electrons. The van der Waals surface area contributed by atoms with Gasteiger partial charge in [0.1, 0.15) is 0 Å². The van der Waals surface area contributed by atoms with E-state index in [0.29, 0.717) is 25.1 Å². The van der Waals surface area contributed by atoms with Crippen LogP contribution < -0.4 is 5.32 Å². The minimum atomic E-state index is -3.70. The van der Waals surface area contributed by atoms with Crippen LogP contribution >= 0.6 is 0 Å². The number of carbonyl (C=O) groups is 1. The summed E-state index contributed by atoms with van der Waals surface area (Å²) in [6, 6.07) is 17.6. The van der Waals surface area contributed by atoms with Gasteiger partial charge < -0.3 is 5.32 Å². The number of nitrogens with zero attached hydrogens (tertiary/aromatic N) is 2. The molecule has 2 aromatic carbocycles. The van der Waals surface area contributed by atoms with Crippen molar-refractivity contribution in [3.05, 3.63) is 95.3 Å². The number of hydrogen-bond acceptors (Lipinski definition) is 4. The van der Waals surface area contributed by atoms with Gasteiger partial charge in [-0.15, -0.1) is 0 Å². The molecule has 0 radical (unpaired) electrons. The van der Waals surface area contributed by atoms with Gasteiger partial charge in [0.15, 0.2) is 0 Å². The van der Waals surface area contributed by atoms with Gasteiger partial charge in [-0.05, 0) is 60.4 Å². The Morgan fingerprint density at radius 2 is 1.77 bits per heavy atom. The van der Waals surface area contributed by atoms with Gasteiger partial charge in [0.2, 0.25) is 10.0 Å². The van der Waals surface area contributed by atoms with Gasteiger partial charge in [0.05, 0.1) is 10.9 Å². The fraction of sp³-hybridized carbons (Fsp3) is 0.217. The van der Waals surface area contributed by atoms with E-state index in [-0.39, 0.29) is 16.8 Å². The average Bonchev–Trinajstić information content (AvgIpc) is 2.79. The van der Waals surface area contributed by atoms with Crippen LogP contribution in [0.2, 0.25) is 0 Å². The summed E-state index contributed by atoms with van der Waals surface area (Å²) in [6.07, 6.45) is 4.02. The number of pyridine rings is 1. The molecule has 0 aliphatic carbocycles. The molecular weight excluding hydrogens is 398 g/mol. The first-order valence-corrected chi connectivity index (χ1v) is 11.3. The molecule has 7 heteroatoms. The van der Waals surface area contributed by atoms with Gasteiger partial charge in [-0.1, -0.05) is 30.3 Å². The SMILES string of the molecule is CC(NC(=O)c1cccc(S(=O)(=O)N2CCc3ccccc3C2)c1)c1ccncc1. The molecule has 0 bridgehead atoms. The highest BCUT2D eigenvalue weighted by Crippen LogP contribution is 2.25.